The van der Waals surface area contributed by atoms with Crippen molar-refractivity contribution in [2.75, 3.05) is 4.90 Å². The van der Waals surface area contributed by atoms with E-state index in [0.717, 1.165) is 5.69 Å². The smallest absolute Gasteiger partial charge is 0.0713 e. The molecule has 1 nitrogen and oxygen atoms in total. The monoisotopic (exact) mass is 697 g/mol. The average molecular weight is 698 g/mol. The lowest BCUT2D eigenvalue weighted by Gasteiger charge is -2.34. The maximum Gasteiger partial charge on any atom is 0.0713 e. The SMILES string of the molecule is c1ccc(C2(c3ccccc3)c3ccccc3-c3cc(N(c4cccc5sc6ccccc6c45)c4cccc5sc6ccccc6c45)ccc32)cc1. The van der Waals surface area contributed by atoms with Gasteiger partial charge in [0.15, 0.2) is 0 Å². The topological polar surface area (TPSA) is 3.24 Å². The third kappa shape index (κ3) is 4.15. The van der Waals surface area contributed by atoms with Gasteiger partial charge in [-0.2, -0.15) is 0 Å². The van der Waals surface area contributed by atoms with Gasteiger partial charge < -0.3 is 4.90 Å². The van der Waals surface area contributed by atoms with Crippen LogP contribution < -0.4 is 4.90 Å². The molecule has 1 aliphatic carbocycles. The van der Waals surface area contributed by atoms with Gasteiger partial charge in [0.1, 0.15) is 0 Å². The van der Waals surface area contributed by atoms with Crippen LogP contribution in [-0.2, 0) is 5.41 Å². The second kappa shape index (κ2) is 11.5. The number of fused-ring (bicyclic) bond motifs is 9. The van der Waals surface area contributed by atoms with Gasteiger partial charge in [0, 0.05) is 46.0 Å². The molecule has 3 heteroatoms. The van der Waals surface area contributed by atoms with Crippen molar-refractivity contribution in [2.24, 2.45) is 0 Å². The number of rotatable bonds is 5. The van der Waals surface area contributed by atoms with Crippen molar-refractivity contribution in [3.8, 4) is 11.1 Å². The molecule has 0 unspecified atom stereocenters. The van der Waals surface area contributed by atoms with Gasteiger partial charge in [-0.1, -0.05) is 140 Å². The van der Waals surface area contributed by atoms with Crippen molar-refractivity contribution in [2.45, 2.75) is 5.41 Å². The van der Waals surface area contributed by atoms with E-state index in [1.807, 2.05) is 22.7 Å². The van der Waals surface area contributed by atoms with Crippen LogP contribution in [0.4, 0.5) is 17.1 Å². The Labute approximate surface area is 310 Å². The molecule has 0 spiro atoms. The van der Waals surface area contributed by atoms with Crippen LogP contribution >= 0.6 is 22.7 Å². The average Bonchev–Trinajstić information content (AvgIpc) is 3.88. The Hall–Kier alpha value is -6.00. The summed E-state index contributed by atoms with van der Waals surface area (Å²) in [6, 6.07) is 69.7. The quantitative estimate of drug-likeness (QED) is 0.173. The summed E-state index contributed by atoms with van der Waals surface area (Å²) < 4.78 is 5.21. The number of nitrogens with zero attached hydrogens (tertiary/aromatic N) is 1. The second-order valence-corrected chi connectivity index (χ2v) is 15.8. The molecule has 0 atom stereocenters. The molecule has 11 rings (SSSR count). The summed E-state index contributed by atoms with van der Waals surface area (Å²) in [5.74, 6) is 0. The van der Waals surface area contributed by atoms with Crippen LogP contribution in [0.1, 0.15) is 22.3 Å². The zero-order valence-electron chi connectivity index (χ0n) is 28.2. The van der Waals surface area contributed by atoms with Crippen molar-refractivity contribution in [1.82, 2.24) is 0 Å². The van der Waals surface area contributed by atoms with Crippen LogP contribution in [-0.4, -0.2) is 0 Å². The van der Waals surface area contributed by atoms with E-state index in [0.29, 0.717) is 0 Å². The predicted molar refractivity (Wildman–Crippen MR) is 224 cm³/mol. The highest BCUT2D eigenvalue weighted by molar-refractivity contribution is 7.26. The molecule has 2 aromatic heterocycles. The Morgan fingerprint density at radius 3 is 1.44 bits per heavy atom. The Kier molecular flexibility index (Phi) is 6.57. The minimum atomic E-state index is -0.440. The normalized spacial score (nSPS) is 13.2. The zero-order valence-corrected chi connectivity index (χ0v) is 29.8. The Morgan fingerprint density at radius 1 is 0.365 bits per heavy atom. The Morgan fingerprint density at radius 2 is 0.846 bits per heavy atom. The van der Waals surface area contributed by atoms with E-state index in [9.17, 15) is 0 Å². The lowest BCUT2D eigenvalue weighted by Crippen LogP contribution is -2.28. The number of anilines is 3. The minimum absolute atomic E-state index is 0.440. The minimum Gasteiger partial charge on any atom is -0.309 e. The number of hydrogen-bond acceptors (Lipinski definition) is 3. The third-order valence-electron chi connectivity index (χ3n) is 10.9. The summed E-state index contributed by atoms with van der Waals surface area (Å²) >= 11 is 3.75. The van der Waals surface area contributed by atoms with E-state index in [1.54, 1.807) is 0 Å². The fourth-order valence-corrected chi connectivity index (χ4v) is 11.1. The zero-order chi connectivity index (χ0) is 34.2. The Bertz CT molecular complexity index is 2820. The summed E-state index contributed by atoms with van der Waals surface area (Å²) in [5.41, 5.74) is 10.9. The number of hydrogen-bond donors (Lipinski definition) is 0. The van der Waals surface area contributed by atoms with Crippen molar-refractivity contribution in [1.29, 1.82) is 0 Å². The fourth-order valence-electron chi connectivity index (χ4n) is 8.87. The first-order valence-electron chi connectivity index (χ1n) is 17.8. The van der Waals surface area contributed by atoms with Crippen molar-refractivity contribution in [3.63, 3.8) is 0 Å². The molecule has 0 saturated heterocycles. The molecule has 0 saturated carbocycles. The summed E-state index contributed by atoms with van der Waals surface area (Å²) in [6.45, 7) is 0. The summed E-state index contributed by atoms with van der Waals surface area (Å²) in [5, 5.41) is 5.18. The molecule has 2 heterocycles. The van der Waals surface area contributed by atoms with Crippen molar-refractivity contribution >= 4 is 80.1 Å². The molecule has 10 aromatic rings. The standard InChI is InChI=1S/C49H31NS2/c1-3-15-32(16-4-1)49(33-17-5-2-6-18-33)39-22-10-7-19-35(39)38-31-34(29-30-40(38)49)50(41-23-13-27-45-47(41)36-20-8-11-25-43(36)51-45)42-24-14-28-46-48(42)37-21-9-12-26-44(37)52-46/h1-31H. The molecule has 1 aliphatic rings. The van der Waals surface area contributed by atoms with Crippen LogP contribution in [0.2, 0.25) is 0 Å². The van der Waals surface area contributed by atoms with Gasteiger partial charge >= 0.3 is 0 Å². The van der Waals surface area contributed by atoms with Crippen LogP contribution in [0.25, 0.3) is 51.5 Å². The first kappa shape index (κ1) is 29.7. The van der Waals surface area contributed by atoms with Crippen LogP contribution in [0.15, 0.2) is 188 Å². The molecule has 0 aliphatic heterocycles. The maximum atomic E-state index is 2.54. The Balaban J connectivity index is 1.25. The molecule has 0 radical (unpaired) electrons. The lowest BCUT2D eigenvalue weighted by atomic mass is 9.68. The van der Waals surface area contributed by atoms with Gasteiger partial charge in [0.05, 0.1) is 16.8 Å². The number of thiophene rings is 2. The van der Waals surface area contributed by atoms with Gasteiger partial charge in [0.2, 0.25) is 0 Å². The van der Waals surface area contributed by atoms with Crippen LogP contribution in [0, 0.1) is 0 Å². The highest BCUT2D eigenvalue weighted by atomic mass is 32.1. The van der Waals surface area contributed by atoms with Crippen LogP contribution in [0.3, 0.4) is 0 Å². The van der Waals surface area contributed by atoms with Gasteiger partial charge in [0.25, 0.3) is 0 Å². The molecule has 0 amide bonds. The van der Waals surface area contributed by atoms with E-state index in [1.165, 1.54) is 85.1 Å². The molecule has 244 valence electrons. The molecular formula is C49H31NS2. The van der Waals surface area contributed by atoms with E-state index >= 15 is 0 Å². The largest absolute Gasteiger partial charge is 0.309 e. The van der Waals surface area contributed by atoms with Gasteiger partial charge in [-0.3, -0.25) is 0 Å². The first-order valence-corrected chi connectivity index (χ1v) is 19.4. The van der Waals surface area contributed by atoms with Crippen molar-refractivity contribution in [3.05, 3.63) is 210 Å². The fraction of sp³-hybridized carbons (Fsp3) is 0.0204. The maximum absolute atomic E-state index is 2.54. The molecule has 0 fully saturated rings. The van der Waals surface area contributed by atoms with E-state index in [4.69, 9.17) is 0 Å². The van der Waals surface area contributed by atoms with Crippen LogP contribution in [0.5, 0.6) is 0 Å². The highest BCUT2D eigenvalue weighted by Gasteiger charge is 2.46. The first-order chi connectivity index (χ1) is 25.8. The number of benzene rings is 8. The lowest BCUT2D eigenvalue weighted by molar-refractivity contribution is 0.768. The summed E-state index contributed by atoms with van der Waals surface area (Å²) in [4.78, 5) is 2.54. The third-order valence-corrected chi connectivity index (χ3v) is 13.2. The molecule has 0 N–H and O–H groups in total. The summed E-state index contributed by atoms with van der Waals surface area (Å²) in [7, 11) is 0. The molecule has 8 aromatic carbocycles. The second-order valence-electron chi connectivity index (χ2n) is 13.6. The highest BCUT2D eigenvalue weighted by Crippen LogP contribution is 2.58. The molecule has 0 bridgehead atoms. The van der Waals surface area contributed by atoms with Gasteiger partial charge in [-0.05, 0) is 81.9 Å². The van der Waals surface area contributed by atoms with E-state index in [2.05, 4.69) is 193 Å². The van der Waals surface area contributed by atoms with Gasteiger partial charge in [-0.25, -0.2) is 0 Å². The van der Waals surface area contributed by atoms with E-state index < -0.39 is 5.41 Å². The molecule has 52 heavy (non-hydrogen) atoms. The van der Waals surface area contributed by atoms with E-state index in [-0.39, 0.29) is 0 Å². The predicted octanol–water partition coefficient (Wildman–Crippen LogP) is 14.3. The van der Waals surface area contributed by atoms with Gasteiger partial charge in [-0.15, -0.1) is 22.7 Å². The van der Waals surface area contributed by atoms with Crippen molar-refractivity contribution < 1.29 is 0 Å². The molecular weight excluding hydrogens is 667 g/mol. The summed E-state index contributed by atoms with van der Waals surface area (Å²) in [6.07, 6.45) is 0.